The second-order valence-electron chi connectivity index (χ2n) is 6.44. The fourth-order valence-corrected chi connectivity index (χ4v) is 3.57. The standard InChI is InChI=1S/C20H18N2O4/c21-15-8-22-16-6-13(9-23)7-17(26-11-12-4-2-1-3-5-12)18(16)14(10-24)19(22)20(15)25/h1-7,9-10,15,20,25H,8,11,21H2/t15-,20-/m0/s1. The average Bonchev–Trinajstić information content (AvgIpc) is 3.14. The molecule has 4 rings (SSSR count). The van der Waals surface area contributed by atoms with E-state index in [1.807, 2.05) is 30.3 Å². The zero-order chi connectivity index (χ0) is 18.3. The predicted molar refractivity (Wildman–Crippen MR) is 96.4 cm³/mol. The van der Waals surface area contributed by atoms with Crippen molar-refractivity contribution in [1.29, 1.82) is 0 Å². The molecule has 1 aliphatic rings. The van der Waals surface area contributed by atoms with E-state index in [0.29, 0.717) is 52.9 Å². The number of aliphatic hydroxyl groups excluding tert-OH is 1. The molecule has 0 bridgehead atoms. The molecule has 0 unspecified atom stereocenters. The third-order valence-electron chi connectivity index (χ3n) is 4.80. The third kappa shape index (κ3) is 2.51. The molecule has 26 heavy (non-hydrogen) atoms. The first-order chi connectivity index (χ1) is 12.6. The first kappa shape index (κ1) is 16.5. The number of nitrogens with two attached hydrogens (primary N) is 1. The van der Waals surface area contributed by atoms with Crippen molar-refractivity contribution in [2.75, 3.05) is 0 Å². The van der Waals surface area contributed by atoms with Crippen LogP contribution in [-0.2, 0) is 13.2 Å². The van der Waals surface area contributed by atoms with Crippen LogP contribution in [-0.4, -0.2) is 28.3 Å². The lowest BCUT2D eigenvalue weighted by Crippen LogP contribution is -2.25. The van der Waals surface area contributed by atoms with Crippen molar-refractivity contribution in [3.8, 4) is 5.75 Å². The molecule has 3 N–H and O–H groups in total. The molecule has 2 heterocycles. The first-order valence-electron chi connectivity index (χ1n) is 8.35. The SMILES string of the molecule is N[C@H]1Cn2c(c(C=O)c3c(OCc4ccccc4)cc(C=O)cc32)[C@H]1O. The van der Waals surface area contributed by atoms with Crippen LogP contribution < -0.4 is 10.5 Å². The predicted octanol–water partition coefficient (Wildman–Crippen LogP) is 2.22. The van der Waals surface area contributed by atoms with Gasteiger partial charge in [-0.2, -0.15) is 0 Å². The molecule has 0 radical (unpaired) electrons. The molecule has 6 nitrogen and oxygen atoms in total. The first-order valence-corrected chi connectivity index (χ1v) is 8.35. The summed E-state index contributed by atoms with van der Waals surface area (Å²) in [5.74, 6) is 0.443. The number of hydrogen-bond acceptors (Lipinski definition) is 5. The van der Waals surface area contributed by atoms with Crippen molar-refractivity contribution in [2.24, 2.45) is 5.73 Å². The minimum Gasteiger partial charge on any atom is -0.488 e. The van der Waals surface area contributed by atoms with Crippen molar-refractivity contribution in [1.82, 2.24) is 4.57 Å². The molecule has 0 spiro atoms. The van der Waals surface area contributed by atoms with Gasteiger partial charge in [0, 0.05) is 17.7 Å². The van der Waals surface area contributed by atoms with E-state index in [2.05, 4.69) is 0 Å². The van der Waals surface area contributed by atoms with E-state index >= 15 is 0 Å². The number of carbonyl (C=O) groups excluding carboxylic acids is 2. The van der Waals surface area contributed by atoms with E-state index in [1.165, 1.54) is 0 Å². The topological polar surface area (TPSA) is 94.5 Å². The molecule has 2 atom stereocenters. The summed E-state index contributed by atoms with van der Waals surface area (Å²) in [7, 11) is 0. The van der Waals surface area contributed by atoms with Gasteiger partial charge < -0.3 is 20.1 Å². The normalized spacial score (nSPS) is 18.7. The van der Waals surface area contributed by atoms with Gasteiger partial charge >= 0.3 is 0 Å². The zero-order valence-electron chi connectivity index (χ0n) is 14.0. The lowest BCUT2D eigenvalue weighted by atomic mass is 10.0. The van der Waals surface area contributed by atoms with E-state index in [0.717, 1.165) is 11.8 Å². The van der Waals surface area contributed by atoms with Gasteiger partial charge in [0.05, 0.1) is 22.6 Å². The van der Waals surface area contributed by atoms with Gasteiger partial charge in [0.25, 0.3) is 0 Å². The Bertz CT molecular complexity index is 994. The van der Waals surface area contributed by atoms with Crippen LogP contribution in [0.2, 0.25) is 0 Å². The van der Waals surface area contributed by atoms with Crippen LogP contribution in [0, 0.1) is 0 Å². The number of aliphatic hydroxyl groups is 1. The number of ether oxygens (including phenoxy) is 1. The Kier molecular flexibility index (Phi) is 4.06. The maximum Gasteiger partial charge on any atom is 0.152 e. The molecule has 1 aliphatic heterocycles. The third-order valence-corrected chi connectivity index (χ3v) is 4.80. The summed E-state index contributed by atoms with van der Waals surface area (Å²) >= 11 is 0. The number of fused-ring (bicyclic) bond motifs is 3. The Hall–Kier alpha value is -2.96. The Morgan fingerprint density at radius 3 is 2.65 bits per heavy atom. The summed E-state index contributed by atoms with van der Waals surface area (Å²) in [4.78, 5) is 23.2. The van der Waals surface area contributed by atoms with Crippen LogP contribution in [0.15, 0.2) is 42.5 Å². The summed E-state index contributed by atoms with van der Waals surface area (Å²) < 4.78 is 7.75. The molecule has 1 aromatic heterocycles. The van der Waals surface area contributed by atoms with Crippen LogP contribution in [0.3, 0.4) is 0 Å². The quantitative estimate of drug-likeness (QED) is 0.688. The largest absolute Gasteiger partial charge is 0.488 e. The van der Waals surface area contributed by atoms with Crippen molar-refractivity contribution in [2.45, 2.75) is 25.3 Å². The van der Waals surface area contributed by atoms with Crippen LogP contribution in [0.1, 0.15) is 38.1 Å². The lowest BCUT2D eigenvalue weighted by Gasteiger charge is -2.12. The van der Waals surface area contributed by atoms with Crippen molar-refractivity contribution < 1.29 is 19.4 Å². The Balaban J connectivity index is 1.87. The number of hydrogen-bond donors (Lipinski definition) is 2. The van der Waals surface area contributed by atoms with Gasteiger partial charge in [-0.05, 0) is 17.7 Å². The highest BCUT2D eigenvalue weighted by atomic mass is 16.5. The minimum absolute atomic E-state index is 0.305. The number of aromatic nitrogens is 1. The summed E-state index contributed by atoms with van der Waals surface area (Å²) in [5, 5.41) is 11.0. The van der Waals surface area contributed by atoms with Crippen molar-refractivity contribution in [3.05, 3.63) is 64.8 Å². The summed E-state index contributed by atoms with van der Waals surface area (Å²) in [6.07, 6.45) is 0.524. The van der Waals surface area contributed by atoms with Crippen LogP contribution in [0.4, 0.5) is 0 Å². The zero-order valence-corrected chi connectivity index (χ0v) is 14.0. The molecule has 3 aromatic rings. The Labute approximate surface area is 149 Å². The molecule has 0 saturated heterocycles. The Morgan fingerprint density at radius 1 is 1.19 bits per heavy atom. The molecule has 0 amide bonds. The molecule has 132 valence electrons. The van der Waals surface area contributed by atoms with Gasteiger partial charge in [0.1, 0.15) is 24.7 Å². The summed E-state index contributed by atoms with van der Waals surface area (Å²) in [5.41, 5.74) is 8.86. The van der Waals surface area contributed by atoms with Gasteiger partial charge in [-0.15, -0.1) is 0 Å². The van der Waals surface area contributed by atoms with E-state index in [-0.39, 0.29) is 0 Å². The molecule has 2 aromatic carbocycles. The van der Waals surface area contributed by atoms with Crippen LogP contribution >= 0.6 is 0 Å². The summed E-state index contributed by atoms with van der Waals surface area (Å²) in [6.45, 7) is 0.681. The van der Waals surface area contributed by atoms with Crippen molar-refractivity contribution in [3.63, 3.8) is 0 Å². The molecule has 0 fully saturated rings. The van der Waals surface area contributed by atoms with Gasteiger partial charge in [0.2, 0.25) is 0 Å². The molecule has 6 heteroatoms. The highest BCUT2D eigenvalue weighted by molar-refractivity contribution is 6.05. The number of nitrogens with zero attached hydrogens (tertiary/aromatic N) is 1. The highest BCUT2D eigenvalue weighted by Crippen LogP contribution is 2.40. The Morgan fingerprint density at radius 2 is 1.96 bits per heavy atom. The van der Waals surface area contributed by atoms with E-state index in [9.17, 15) is 14.7 Å². The van der Waals surface area contributed by atoms with Gasteiger partial charge in [0.15, 0.2) is 6.29 Å². The second kappa shape index (κ2) is 6.40. The molecule has 0 aliphatic carbocycles. The van der Waals surface area contributed by atoms with Crippen LogP contribution in [0.25, 0.3) is 10.9 Å². The van der Waals surface area contributed by atoms with Crippen molar-refractivity contribution >= 4 is 23.5 Å². The molecule has 0 saturated carbocycles. The number of rotatable bonds is 5. The second-order valence-corrected chi connectivity index (χ2v) is 6.44. The maximum absolute atomic E-state index is 11.8. The van der Waals surface area contributed by atoms with E-state index < -0.39 is 12.1 Å². The van der Waals surface area contributed by atoms with E-state index in [4.69, 9.17) is 10.5 Å². The van der Waals surface area contributed by atoms with E-state index in [1.54, 1.807) is 16.7 Å². The average molecular weight is 350 g/mol. The minimum atomic E-state index is -0.927. The lowest BCUT2D eigenvalue weighted by molar-refractivity contribution is 0.111. The summed E-state index contributed by atoms with van der Waals surface area (Å²) in [6, 6.07) is 12.4. The fraction of sp³-hybridized carbons (Fsp3) is 0.200. The monoisotopic (exact) mass is 350 g/mol. The number of carbonyl (C=O) groups is 2. The fourth-order valence-electron chi connectivity index (χ4n) is 3.57. The van der Waals surface area contributed by atoms with Gasteiger partial charge in [-0.3, -0.25) is 9.59 Å². The maximum atomic E-state index is 11.8. The van der Waals surface area contributed by atoms with Gasteiger partial charge in [-0.25, -0.2) is 0 Å². The molecular weight excluding hydrogens is 332 g/mol. The highest BCUT2D eigenvalue weighted by Gasteiger charge is 2.35. The number of aldehydes is 2. The molecular formula is C20H18N2O4. The number of benzene rings is 2. The van der Waals surface area contributed by atoms with Gasteiger partial charge in [-0.1, -0.05) is 30.3 Å². The van der Waals surface area contributed by atoms with Crippen LogP contribution in [0.5, 0.6) is 5.75 Å². The smallest absolute Gasteiger partial charge is 0.152 e.